The molecule has 0 aliphatic heterocycles. The maximum Gasteiger partial charge on any atom is 0.197 e. The lowest BCUT2D eigenvalue weighted by atomic mass is 10.2. The first-order valence-corrected chi connectivity index (χ1v) is 5.13. The van der Waals surface area contributed by atoms with E-state index in [1.54, 1.807) is 17.0 Å². The van der Waals surface area contributed by atoms with E-state index in [0.717, 1.165) is 5.69 Å². The third kappa shape index (κ3) is 2.42. The number of nitrogens with two attached hydrogens (primary N) is 1. The van der Waals surface area contributed by atoms with E-state index in [9.17, 15) is 4.39 Å². The van der Waals surface area contributed by atoms with Gasteiger partial charge in [-0.3, -0.25) is 10.3 Å². The van der Waals surface area contributed by atoms with Crippen LogP contribution in [0.1, 0.15) is 0 Å². The fourth-order valence-electron chi connectivity index (χ4n) is 1.59. The lowest BCUT2D eigenvalue weighted by molar-refractivity contribution is 0.628. The molecule has 0 unspecified atom stereocenters. The van der Waals surface area contributed by atoms with E-state index in [1.807, 2.05) is 30.3 Å². The Morgan fingerprint density at radius 3 is 2.00 bits per heavy atom. The molecule has 0 radical (unpaired) electrons. The highest BCUT2D eigenvalue weighted by Crippen LogP contribution is 2.24. The van der Waals surface area contributed by atoms with Gasteiger partial charge in [0.25, 0.3) is 0 Å². The number of para-hydroxylation sites is 1. The van der Waals surface area contributed by atoms with Gasteiger partial charge in [0.05, 0.1) is 0 Å². The molecule has 0 amide bonds. The summed E-state index contributed by atoms with van der Waals surface area (Å²) in [4.78, 5) is 1.54. The summed E-state index contributed by atoms with van der Waals surface area (Å²) in [5.41, 5.74) is 6.98. The van der Waals surface area contributed by atoms with Crippen LogP contribution in [0, 0.1) is 11.2 Å². The van der Waals surface area contributed by atoms with Crippen LogP contribution in [0.15, 0.2) is 54.6 Å². The molecule has 3 N–H and O–H groups in total. The highest BCUT2D eigenvalue weighted by molar-refractivity contribution is 5.99. The molecular formula is C13H12FN3. The molecule has 0 aliphatic carbocycles. The largest absolute Gasteiger partial charge is 0.369 e. The molecule has 0 atom stereocenters. The molecule has 0 spiro atoms. The molecule has 3 nitrogen and oxygen atoms in total. The van der Waals surface area contributed by atoms with Gasteiger partial charge in [-0.25, -0.2) is 4.39 Å². The molecule has 86 valence electrons. The van der Waals surface area contributed by atoms with Crippen molar-refractivity contribution in [2.45, 2.75) is 0 Å². The van der Waals surface area contributed by atoms with Crippen LogP contribution in [-0.2, 0) is 0 Å². The summed E-state index contributed by atoms with van der Waals surface area (Å²) >= 11 is 0. The summed E-state index contributed by atoms with van der Waals surface area (Å²) in [6, 6.07) is 15.1. The summed E-state index contributed by atoms with van der Waals surface area (Å²) in [6.45, 7) is 0. The topological polar surface area (TPSA) is 53.1 Å². The molecule has 0 saturated carbocycles. The summed E-state index contributed by atoms with van der Waals surface area (Å²) in [7, 11) is 0. The molecular weight excluding hydrogens is 217 g/mol. The number of nitrogens with zero attached hydrogens (tertiary/aromatic N) is 1. The predicted octanol–water partition coefficient (Wildman–Crippen LogP) is 2.86. The minimum absolute atomic E-state index is 0.109. The fraction of sp³-hybridized carbons (Fsp3) is 0. The van der Waals surface area contributed by atoms with Gasteiger partial charge in [-0.15, -0.1) is 0 Å². The minimum Gasteiger partial charge on any atom is -0.369 e. The Morgan fingerprint density at radius 2 is 1.47 bits per heavy atom. The second-order valence-electron chi connectivity index (χ2n) is 3.53. The summed E-state index contributed by atoms with van der Waals surface area (Å²) in [6.07, 6.45) is 0. The lowest BCUT2D eigenvalue weighted by Crippen LogP contribution is -2.32. The van der Waals surface area contributed by atoms with Gasteiger partial charge in [0.15, 0.2) is 5.96 Å². The van der Waals surface area contributed by atoms with Crippen molar-refractivity contribution >= 4 is 17.3 Å². The number of rotatable bonds is 2. The van der Waals surface area contributed by atoms with Gasteiger partial charge in [0.1, 0.15) is 5.82 Å². The van der Waals surface area contributed by atoms with Crippen LogP contribution >= 0.6 is 0 Å². The average molecular weight is 229 g/mol. The SMILES string of the molecule is N=C(N)N(c1ccccc1)c1ccc(F)cc1. The third-order valence-corrected chi connectivity index (χ3v) is 2.34. The van der Waals surface area contributed by atoms with E-state index in [1.165, 1.54) is 12.1 Å². The molecule has 0 aromatic heterocycles. The lowest BCUT2D eigenvalue weighted by Gasteiger charge is -2.22. The molecule has 0 bridgehead atoms. The molecule has 2 aromatic rings. The highest BCUT2D eigenvalue weighted by atomic mass is 19.1. The van der Waals surface area contributed by atoms with Gasteiger partial charge < -0.3 is 5.73 Å². The fourth-order valence-corrected chi connectivity index (χ4v) is 1.59. The van der Waals surface area contributed by atoms with Crippen LogP contribution in [0.4, 0.5) is 15.8 Å². The van der Waals surface area contributed by atoms with Gasteiger partial charge in [0.2, 0.25) is 0 Å². The van der Waals surface area contributed by atoms with Crippen LogP contribution in [0.3, 0.4) is 0 Å². The van der Waals surface area contributed by atoms with Gasteiger partial charge in [-0.1, -0.05) is 18.2 Å². The third-order valence-electron chi connectivity index (χ3n) is 2.34. The van der Waals surface area contributed by atoms with Gasteiger partial charge in [-0.05, 0) is 36.4 Å². The Bertz CT molecular complexity index is 508. The quantitative estimate of drug-likeness (QED) is 0.614. The Balaban J connectivity index is 2.43. The Morgan fingerprint density at radius 1 is 0.941 bits per heavy atom. The summed E-state index contributed by atoms with van der Waals surface area (Å²) < 4.78 is 12.9. The highest BCUT2D eigenvalue weighted by Gasteiger charge is 2.11. The smallest absolute Gasteiger partial charge is 0.197 e. The predicted molar refractivity (Wildman–Crippen MR) is 66.9 cm³/mol. The number of hydrogen-bond donors (Lipinski definition) is 2. The number of anilines is 2. The maximum atomic E-state index is 12.9. The van der Waals surface area contributed by atoms with Crippen LogP contribution < -0.4 is 10.6 Å². The van der Waals surface area contributed by atoms with E-state index in [4.69, 9.17) is 11.1 Å². The van der Waals surface area contributed by atoms with E-state index in [-0.39, 0.29) is 11.8 Å². The first-order chi connectivity index (χ1) is 8.18. The van der Waals surface area contributed by atoms with Crippen molar-refractivity contribution in [2.75, 3.05) is 4.90 Å². The number of halogens is 1. The van der Waals surface area contributed by atoms with Crippen molar-refractivity contribution in [1.82, 2.24) is 0 Å². The minimum atomic E-state index is -0.315. The van der Waals surface area contributed by atoms with Crippen molar-refractivity contribution in [3.8, 4) is 0 Å². The van der Waals surface area contributed by atoms with Crippen molar-refractivity contribution in [1.29, 1.82) is 5.41 Å². The number of hydrogen-bond acceptors (Lipinski definition) is 1. The maximum absolute atomic E-state index is 12.9. The first kappa shape index (κ1) is 11.1. The summed E-state index contributed by atoms with van der Waals surface area (Å²) in [5, 5.41) is 7.59. The van der Waals surface area contributed by atoms with Gasteiger partial charge >= 0.3 is 0 Å². The molecule has 2 aromatic carbocycles. The van der Waals surface area contributed by atoms with E-state index in [0.29, 0.717) is 5.69 Å². The van der Waals surface area contributed by atoms with Crippen LogP contribution in [0.25, 0.3) is 0 Å². The molecule has 0 heterocycles. The molecule has 4 heteroatoms. The van der Waals surface area contributed by atoms with E-state index < -0.39 is 0 Å². The zero-order valence-corrected chi connectivity index (χ0v) is 9.10. The Kier molecular flexibility index (Phi) is 3.05. The Hall–Kier alpha value is -2.36. The molecule has 0 fully saturated rings. The molecule has 0 saturated heterocycles. The zero-order valence-electron chi connectivity index (χ0n) is 9.10. The normalized spacial score (nSPS) is 9.94. The standard InChI is InChI=1S/C13H12FN3/c14-10-6-8-12(9-7-10)17(13(15)16)11-4-2-1-3-5-11/h1-9H,(H3,15,16). The van der Waals surface area contributed by atoms with Crippen LogP contribution in [0.2, 0.25) is 0 Å². The number of nitrogens with one attached hydrogen (secondary N) is 1. The van der Waals surface area contributed by atoms with Crippen molar-refractivity contribution in [2.24, 2.45) is 5.73 Å². The zero-order chi connectivity index (χ0) is 12.3. The second-order valence-corrected chi connectivity index (χ2v) is 3.53. The van der Waals surface area contributed by atoms with Crippen molar-refractivity contribution in [3.63, 3.8) is 0 Å². The van der Waals surface area contributed by atoms with Crippen LogP contribution in [-0.4, -0.2) is 5.96 Å². The number of guanidine groups is 1. The van der Waals surface area contributed by atoms with Crippen molar-refractivity contribution < 1.29 is 4.39 Å². The van der Waals surface area contributed by atoms with Gasteiger partial charge in [-0.2, -0.15) is 0 Å². The first-order valence-electron chi connectivity index (χ1n) is 5.13. The van der Waals surface area contributed by atoms with Crippen molar-refractivity contribution in [3.05, 3.63) is 60.4 Å². The Labute approximate surface area is 98.8 Å². The molecule has 0 aliphatic rings. The second kappa shape index (κ2) is 4.65. The summed E-state index contributed by atoms with van der Waals surface area (Å²) in [5.74, 6) is -0.423. The monoisotopic (exact) mass is 229 g/mol. The van der Waals surface area contributed by atoms with E-state index >= 15 is 0 Å². The van der Waals surface area contributed by atoms with Gasteiger partial charge in [0, 0.05) is 11.4 Å². The number of benzene rings is 2. The van der Waals surface area contributed by atoms with E-state index in [2.05, 4.69) is 0 Å². The molecule has 17 heavy (non-hydrogen) atoms. The van der Waals surface area contributed by atoms with Crippen LogP contribution in [0.5, 0.6) is 0 Å². The molecule has 2 rings (SSSR count). The average Bonchev–Trinajstić information content (AvgIpc) is 2.33.